The summed E-state index contributed by atoms with van der Waals surface area (Å²) in [6.07, 6.45) is 0. The lowest BCUT2D eigenvalue weighted by molar-refractivity contribution is 0.0932. The summed E-state index contributed by atoms with van der Waals surface area (Å²) in [5.41, 5.74) is 3.24. The molecule has 27 heavy (non-hydrogen) atoms. The van der Waals surface area contributed by atoms with E-state index in [1.54, 1.807) is 16.0 Å². The molecule has 4 nitrogen and oxygen atoms in total. The molecule has 0 radical (unpaired) electrons. The van der Waals surface area contributed by atoms with Crippen LogP contribution in [0.25, 0.3) is 16.3 Å². The third-order valence-electron chi connectivity index (χ3n) is 4.36. The molecule has 0 aliphatic rings. The predicted octanol–water partition coefficient (Wildman–Crippen LogP) is 5.09. The van der Waals surface area contributed by atoms with Crippen LogP contribution in [0, 0.1) is 0 Å². The third kappa shape index (κ3) is 3.68. The minimum atomic E-state index is -0.148. The largest absolute Gasteiger partial charge is 0.344 e. The predicted molar refractivity (Wildman–Crippen MR) is 109 cm³/mol. The molecule has 0 saturated heterocycles. The minimum Gasteiger partial charge on any atom is -0.344 e. The Morgan fingerprint density at radius 3 is 2.37 bits per heavy atom. The van der Waals surface area contributed by atoms with E-state index < -0.39 is 0 Å². The van der Waals surface area contributed by atoms with Gasteiger partial charge in [0.05, 0.1) is 16.6 Å². The fourth-order valence-electron chi connectivity index (χ4n) is 2.95. The summed E-state index contributed by atoms with van der Waals surface area (Å²) in [7, 11) is 0. The van der Waals surface area contributed by atoms with Gasteiger partial charge in [0.2, 0.25) is 0 Å². The van der Waals surface area contributed by atoms with Crippen molar-refractivity contribution in [1.29, 1.82) is 0 Å². The van der Waals surface area contributed by atoms with E-state index in [4.69, 9.17) is 5.10 Å². The van der Waals surface area contributed by atoms with E-state index in [1.807, 2.05) is 91.2 Å². The quantitative estimate of drug-likeness (QED) is 0.529. The van der Waals surface area contributed by atoms with Crippen molar-refractivity contribution >= 4 is 17.2 Å². The Kier molecular flexibility index (Phi) is 4.85. The molecular weight excluding hydrogens is 354 g/mol. The van der Waals surface area contributed by atoms with Crippen LogP contribution in [0.5, 0.6) is 0 Å². The average Bonchev–Trinajstić information content (AvgIpc) is 3.39. The van der Waals surface area contributed by atoms with Crippen molar-refractivity contribution in [3.63, 3.8) is 0 Å². The zero-order valence-corrected chi connectivity index (χ0v) is 15.7. The van der Waals surface area contributed by atoms with Gasteiger partial charge in [-0.1, -0.05) is 54.6 Å². The van der Waals surface area contributed by atoms with Gasteiger partial charge in [-0.3, -0.25) is 4.79 Å². The van der Waals surface area contributed by atoms with Gasteiger partial charge in [0.1, 0.15) is 11.4 Å². The molecule has 2 aromatic carbocycles. The molecular formula is C22H19N3OS. The van der Waals surface area contributed by atoms with Crippen molar-refractivity contribution in [2.75, 3.05) is 0 Å². The molecule has 5 heteroatoms. The molecule has 0 aliphatic carbocycles. The first-order valence-corrected chi connectivity index (χ1v) is 9.65. The first-order chi connectivity index (χ1) is 13.2. The van der Waals surface area contributed by atoms with Crippen molar-refractivity contribution in [2.24, 2.45) is 0 Å². The van der Waals surface area contributed by atoms with Crippen LogP contribution in [0.4, 0.5) is 0 Å². The maximum Gasteiger partial charge on any atom is 0.270 e. The highest BCUT2D eigenvalue weighted by Gasteiger charge is 2.19. The molecule has 2 heterocycles. The summed E-state index contributed by atoms with van der Waals surface area (Å²) in [5, 5.41) is 9.78. The van der Waals surface area contributed by atoms with Crippen LogP contribution in [0.1, 0.15) is 29.0 Å². The first kappa shape index (κ1) is 17.2. The van der Waals surface area contributed by atoms with Crippen LogP contribution in [0.3, 0.4) is 0 Å². The van der Waals surface area contributed by atoms with Crippen molar-refractivity contribution in [3.8, 4) is 16.3 Å². The molecule has 134 valence electrons. The number of carbonyl (C=O) groups is 1. The van der Waals surface area contributed by atoms with Gasteiger partial charge in [-0.15, -0.1) is 11.3 Å². The fraction of sp³-hybridized carbons (Fsp3) is 0.0909. The lowest BCUT2D eigenvalue weighted by atomic mass is 10.1. The van der Waals surface area contributed by atoms with E-state index in [0.29, 0.717) is 5.69 Å². The molecule has 0 fully saturated rings. The zero-order valence-electron chi connectivity index (χ0n) is 14.9. The smallest absolute Gasteiger partial charge is 0.270 e. The van der Waals surface area contributed by atoms with Gasteiger partial charge in [-0.05, 0) is 42.1 Å². The summed E-state index contributed by atoms with van der Waals surface area (Å²) in [4.78, 5) is 14.1. The van der Waals surface area contributed by atoms with E-state index >= 15 is 0 Å². The van der Waals surface area contributed by atoms with Crippen LogP contribution in [-0.4, -0.2) is 15.7 Å². The van der Waals surface area contributed by atoms with E-state index in [-0.39, 0.29) is 11.9 Å². The van der Waals surface area contributed by atoms with Crippen LogP contribution in [-0.2, 0) is 0 Å². The Morgan fingerprint density at radius 2 is 1.70 bits per heavy atom. The molecule has 4 aromatic rings. The fourth-order valence-corrected chi connectivity index (χ4v) is 3.63. The lowest BCUT2D eigenvalue weighted by Crippen LogP contribution is -2.28. The maximum absolute atomic E-state index is 13.0. The second-order valence-corrected chi connectivity index (χ2v) is 7.19. The van der Waals surface area contributed by atoms with Gasteiger partial charge in [0.25, 0.3) is 5.91 Å². The number of thiophene rings is 1. The van der Waals surface area contributed by atoms with Gasteiger partial charge in [-0.25, -0.2) is 4.68 Å². The molecule has 4 rings (SSSR count). The number of hydrogen-bond donors (Lipinski definition) is 1. The van der Waals surface area contributed by atoms with Crippen molar-refractivity contribution in [2.45, 2.75) is 13.0 Å². The van der Waals surface area contributed by atoms with Crippen molar-refractivity contribution in [3.05, 3.63) is 95.5 Å². The molecule has 0 aliphatic heterocycles. The summed E-state index contributed by atoms with van der Waals surface area (Å²) >= 11 is 1.61. The summed E-state index contributed by atoms with van der Waals surface area (Å²) < 4.78 is 1.71. The van der Waals surface area contributed by atoms with Crippen molar-refractivity contribution < 1.29 is 4.79 Å². The Bertz CT molecular complexity index is 1020. The molecule has 1 N–H and O–H groups in total. The second kappa shape index (κ2) is 7.60. The standard InChI is InChI=1S/C22H19N3OS/c1-16(17-9-4-2-5-10-17)23-22(26)20-15-19(21-13-8-14-27-21)24-25(20)18-11-6-3-7-12-18/h2-16H,1H3,(H,23,26). The Balaban J connectivity index is 1.69. The molecule has 2 aromatic heterocycles. The van der Waals surface area contributed by atoms with Crippen LogP contribution >= 0.6 is 11.3 Å². The highest BCUT2D eigenvalue weighted by molar-refractivity contribution is 7.13. The third-order valence-corrected chi connectivity index (χ3v) is 5.26. The van der Waals surface area contributed by atoms with Gasteiger partial charge in [0.15, 0.2) is 0 Å². The normalized spacial score (nSPS) is 11.9. The zero-order chi connectivity index (χ0) is 18.6. The Morgan fingerprint density at radius 1 is 1.00 bits per heavy atom. The van der Waals surface area contributed by atoms with Crippen LogP contribution in [0.2, 0.25) is 0 Å². The van der Waals surface area contributed by atoms with Crippen molar-refractivity contribution in [1.82, 2.24) is 15.1 Å². The van der Waals surface area contributed by atoms with Gasteiger partial charge in [0, 0.05) is 0 Å². The molecule has 1 amide bonds. The number of amides is 1. The lowest BCUT2D eigenvalue weighted by Gasteiger charge is -2.15. The monoisotopic (exact) mass is 373 g/mol. The topological polar surface area (TPSA) is 46.9 Å². The number of aromatic nitrogens is 2. The SMILES string of the molecule is CC(NC(=O)c1cc(-c2cccs2)nn1-c1ccccc1)c1ccccc1. The molecule has 1 atom stereocenters. The number of nitrogens with one attached hydrogen (secondary N) is 1. The van der Waals surface area contributed by atoms with E-state index in [9.17, 15) is 4.79 Å². The Labute approximate surface area is 162 Å². The maximum atomic E-state index is 13.0. The first-order valence-electron chi connectivity index (χ1n) is 8.77. The van der Waals surface area contributed by atoms with Crippen LogP contribution < -0.4 is 5.32 Å². The number of nitrogens with zero attached hydrogens (tertiary/aromatic N) is 2. The van der Waals surface area contributed by atoms with Gasteiger partial charge < -0.3 is 5.32 Å². The van der Waals surface area contributed by atoms with Gasteiger partial charge in [-0.2, -0.15) is 5.10 Å². The highest BCUT2D eigenvalue weighted by atomic mass is 32.1. The Hall–Kier alpha value is -3.18. The van der Waals surface area contributed by atoms with Gasteiger partial charge >= 0.3 is 0 Å². The number of hydrogen-bond acceptors (Lipinski definition) is 3. The summed E-state index contributed by atoms with van der Waals surface area (Å²) in [6.45, 7) is 1.98. The van der Waals surface area contributed by atoms with E-state index in [1.165, 1.54) is 0 Å². The number of rotatable bonds is 5. The molecule has 0 saturated carbocycles. The average molecular weight is 373 g/mol. The highest BCUT2D eigenvalue weighted by Crippen LogP contribution is 2.26. The number of para-hydroxylation sites is 1. The minimum absolute atomic E-state index is 0.0944. The summed E-state index contributed by atoms with van der Waals surface area (Å²) in [5.74, 6) is -0.148. The number of carbonyl (C=O) groups excluding carboxylic acids is 1. The molecule has 0 bridgehead atoms. The van der Waals surface area contributed by atoms with Crippen LogP contribution in [0.15, 0.2) is 84.2 Å². The number of benzene rings is 2. The molecule has 0 spiro atoms. The van der Waals surface area contributed by atoms with E-state index in [2.05, 4.69) is 5.32 Å². The molecule has 1 unspecified atom stereocenters. The second-order valence-electron chi connectivity index (χ2n) is 6.25. The van der Waals surface area contributed by atoms with E-state index in [0.717, 1.165) is 21.8 Å². The summed E-state index contributed by atoms with van der Waals surface area (Å²) in [6, 6.07) is 25.4.